The first kappa shape index (κ1) is 13.1. The zero-order valence-electron chi connectivity index (χ0n) is 11.2. The van der Waals surface area contributed by atoms with E-state index >= 15 is 0 Å². The Labute approximate surface area is 113 Å². The molecule has 0 aliphatic rings. The number of nitrogens with two attached hydrogens (primary N) is 1. The van der Waals surface area contributed by atoms with Crippen LogP contribution >= 0.6 is 11.6 Å². The molecule has 0 bridgehead atoms. The summed E-state index contributed by atoms with van der Waals surface area (Å²) < 4.78 is 1.89. The first-order valence-electron chi connectivity index (χ1n) is 6.00. The Morgan fingerprint density at radius 3 is 2.39 bits per heavy atom. The van der Waals surface area contributed by atoms with Crippen molar-refractivity contribution in [3.8, 4) is 5.69 Å². The molecule has 0 aliphatic heterocycles. The SMILES string of the molecule is Cc1nn(-c2ccc([C@@H](C)N)cc2Cl)c(C)c1C. The lowest BCUT2D eigenvalue weighted by molar-refractivity contribution is 0.808. The van der Waals surface area contributed by atoms with Crippen LogP contribution in [0.5, 0.6) is 0 Å². The van der Waals surface area contributed by atoms with Crippen molar-refractivity contribution in [2.45, 2.75) is 33.7 Å². The van der Waals surface area contributed by atoms with Gasteiger partial charge >= 0.3 is 0 Å². The van der Waals surface area contributed by atoms with Gasteiger partial charge in [0, 0.05) is 11.7 Å². The highest BCUT2D eigenvalue weighted by Crippen LogP contribution is 2.26. The third-order valence-corrected chi connectivity index (χ3v) is 3.68. The minimum absolute atomic E-state index is 0.0151. The lowest BCUT2D eigenvalue weighted by atomic mass is 10.1. The molecule has 1 atom stereocenters. The van der Waals surface area contributed by atoms with E-state index in [4.69, 9.17) is 17.3 Å². The maximum atomic E-state index is 6.33. The van der Waals surface area contributed by atoms with Gasteiger partial charge in [-0.2, -0.15) is 5.10 Å². The van der Waals surface area contributed by atoms with Crippen molar-refractivity contribution in [3.63, 3.8) is 0 Å². The fourth-order valence-electron chi connectivity index (χ4n) is 1.93. The Kier molecular flexibility index (Phi) is 3.46. The molecule has 2 rings (SSSR count). The Hall–Kier alpha value is -1.32. The summed E-state index contributed by atoms with van der Waals surface area (Å²) in [7, 11) is 0. The van der Waals surface area contributed by atoms with Crippen LogP contribution in [0.3, 0.4) is 0 Å². The minimum atomic E-state index is -0.0151. The van der Waals surface area contributed by atoms with E-state index in [1.54, 1.807) is 0 Å². The second kappa shape index (κ2) is 4.75. The summed E-state index contributed by atoms with van der Waals surface area (Å²) in [6.45, 7) is 8.06. The van der Waals surface area contributed by atoms with Crippen molar-refractivity contribution < 1.29 is 0 Å². The van der Waals surface area contributed by atoms with E-state index in [9.17, 15) is 0 Å². The Balaban J connectivity index is 2.54. The molecule has 1 aromatic heterocycles. The Bertz CT molecular complexity index is 585. The number of halogens is 1. The summed E-state index contributed by atoms with van der Waals surface area (Å²) >= 11 is 6.33. The predicted molar refractivity (Wildman–Crippen MR) is 75.4 cm³/mol. The van der Waals surface area contributed by atoms with Crippen LogP contribution in [0.4, 0.5) is 0 Å². The number of nitrogens with zero attached hydrogens (tertiary/aromatic N) is 2. The highest BCUT2D eigenvalue weighted by Gasteiger charge is 2.12. The van der Waals surface area contributed by atoms with Gasteiger partial charge in [0.1, 0.15) is 0 Å². The number of aromatic nitrogens is 2. The number of rotatable bonds is 2. The summed E-state index contributed by atoms with van der Waals surface area (Å²) in [5, 5.41) is 5.19. The molecule has 96 valence electrons. The van der Waals surface area contributed by atoms with Crippen LogP contribution in [0, 0.1) is 20.8 Å². The van der Waals surface area contributed by atoms with Gasteiger partial charge in [-0.05, 0) is 51.0 Å². The van der Waals surface area contributed by atoms with Crippen molar-refractivity contribution >= 4 is 11.6 Å². The van der Waals surface area contributed by atoms with Crippen molar-refractivity contribution in [3.05, 3.63) is 45.7 Å². The van der Waals surface area contributed by atoms with Gasteiger partial charge in [-0.1, -0.05) is 17.7 Å². The first-order valence-corrected chi connectivity index (χ1v) is 6.38. The fourth-order valence-corrected chi connectivity index (χ4v) is 2.20. The summed E-state index contributed by atoms with van der Waals surface area (Å²) in [5.74, 6) is 0. The molecule has 0 spiro atoms. The van der Waals surface area contributed by atoms with Crippen molar-refractivity contribution in [1.29, 1.82) is 0 Å². The van der Waals surface area contributed by atoms with Gasteiger partial charge in [-0.3, -0.25) is 0 Å². The van der Waals surface area contributed by atoms with Crippen LogP contribution < -0.4 is 5.73 Å². The van der Waals surface area contributed by atoms with Crippen LogP contribution in [0.2, 0.25) is 5.02 Å². The molecular formula is C14H18ClN3. The van der Waals surface area contributed by atoms with Crippen molar-refractivity contribution in [2.24, 2.45) is 5.73 Å². The van der Waals surface area contributed by atoms with E-state index in [0.717, 1.165) is 22.6 Å². The van der Waals surface area contributed by atoms with Gasteiger partial charge in [0.15, 0.2) is 0 Å². The van der Waals surface area contributed by atoms with E-state index in [2.05, 4.69) is 12.0 Å². The van der Waals surface area contributed by atoms with E-state index < -0.39 is 0 Å². The average molecular weight is 264 g/mol. The molecule has 1 aromatic carbocycles. The Morgan fingerprint density at radius 2 is 1.94 bits per heavy atom. The quantitative estimate of drug-likeness (QED) is 0.902. The van der Waals surface area contributed by atoms with Gasteiger partial charge in [0.2, 0.25) is 0 Å². The molecule has 0 saturated heterocycles. The number of hydrogen-bond acceptors (Lipinski definition) is 2. The normalized spacial score (nSPS) is 12.8. The molecule has 3 nitrogen and oxygen atoms in total. The zero-order chi connectivity index (χ0) is 13.4. The summed E-state index contributed by atoms with van der Waals surface area (Å²) in [6, 6.07) is 5.86. The lowest BCUT2D eigenvalue weighted by Gasteiger charge is -2.11. The largest absolute Gasteiger partial charge is 0.324 e. The molecule has 4 heteroatoms. The third kappa shape index (κ3) is 2.16. The molecule has 18 heavy (non-hydrogen) atoms. The van der Waals surface area contributed by atoms with E-state index in [0.29, 0.717) is 5.02 Å². The molecule has 0 saturated carbocycles. The van der Waals surface area contributed by atoms with Crippen LogP contribution in [0.15, 0.2) is 18.2 Å². The van der Waals surface area contributed by atoms with Crippen LogP contribution in [-0.4, -0.2) is 9.78 Å². The van der Waals surface area contributed by atoms with Crippen molar-refractivity contribution in [2.75, 3.05) is 0 Å². The van der Waals surface area contributed by atoms with Gasteiger partial charge < -0.3 is 5.73 Å². The number of benzene rings is 1. The van der Waals surface area contributed by atoms with Crippen LogP contribution in [-0.2, 0) is 0 Å². The van der Waals surface area contributed by atoms with Gasteiger partial charge in [0.25, 0.3) is 0 Å². The summed E-state index contributed by atoms with van der Waals surface area (Å²) in [6.07, 6.45) is 0. The monoisotopic (exact) mass is 263 g/mol. The first-order chi connectivity index (χ1) is 8.41. The second-order valence-electron chi connectivity index (χ2n) is 4.71. The molecule has 1 heterocycles. The van der Waals surface area contributed by atoms with E-state index in [1.807, 2.05) is 43.7 Å². The maximum absolute atomic E-state index is 6.33. The molecule has 0 fully saturated rings. The lowest BCUT2D eigenvalue weighted by Crippen LogP contribution is -2.06. The smallest absolute Gasteiger partial charge is 0.0835 e. The highest BCUT2D eigenvalue weighted by atomic mass is 35.5. The van der Waals surface area contributed by atoms with Crippen LogP contribution in [0.25, 0.3) is 5.69 Å². The molecule has 2 aromatic rings. The fraction of sp³-hybridized carbons (Fsp3) is 0.357. The number of hydrogen-bond donors (Lipinski definition) is 1. The average Bonchev–Trinajstić information content (AvgIpc) is 2.57. The van der Waals surface area contributed by atoms with Gasteiger partial charge in [0.05, 0.1) is 16.4 Å². The molecule has 0 unspecified atom stereocenters. The predicted octanol–water partition coefficient (Wildman–Crippen LogP) is 3.47. The van der Waals surface area contributed by atoms with E-state index in [-0.39, 0.29) is 6.04 Å². The minimum Gasteiger partial charge on any atom is -0.324 e. The highest BCUT2D eigenvalue weighted by molar-refractivity contribution is 6.32. The van der Waals surface area contributed by atoms with Crippen molar-refractivity contribution in [1.82, 2.24) is 9.78 Å². The van der Waals surface area contributed by atoms with Gasteiger partial charge in [-0.15, -0.1) is 0 Å². The summed E-state index contributed by atoms with van der Waals surface area (Å²) in [5.41, 5.74) is 11.1. The Morgan fingerprint density at radius 1 is 1.28 bits per heavy atom. The molecule has 0 radical (unpaired) electrons. The second-order valence-corrected chi connectivity index (χ2v) is 5.11. The molecule has 0 amide bonds. The number of aryl methyl sites for hydroxylation is 1. The zero-order valence-corrected chi connectivity index (χ0v) is 11.9. The molecule has 2 N–H and O–H groups in total. The standard InChI is InChI=1S/C14H18ClN3/c1-8-10(3)17-18(11(8)4)14-6-5-12(9(2)16)7-13(14)15/h5-7,9H,16H2,1-4H3/t9-/m1/s1. The van der Waals surface area contributed by atoms with E-state index in [1.165, 1.54) is 5.56 Å². The molecular weight excluding hydrogens is 246 g/mol. The van der Waals surface area contributed by atoms with Gasteiger partial charge in [-0.25, -0.2) is 4.68 Å². The topological polar surface area (TPSA) is 43.8 Å². The summed E-state index contributed by atoms with van der Waals surface area (Å²) in [4.78, 5) is 0. The maximum Gasteiger partial charge on any atom is 0.0835 e. The van der Waals surface area contributed by atoms with Crippen LogP contribution in [0.1, 0.15) is 35.5 Å². The molecule has 0 aliphatic carbocycles. The third-order valence-electron chi connectivity index (χ3n) is 3.38.